The molecule has 2 N–H and O–H groups in total. The fourth-order valence-corrected chi connectivity index (χ4v) is 2.84. The van der Waals surface area contributed by atoms with Gasteiger partial charge in [0.25, 0.3) is 0 Å². The summed E-state index contributed by atoms with van der Waals surface area (Å²) in [6, 6.07) is 11.7. The first kappa shape index (κ1) is 14.9. The van der Waals surface area contributed by atoms with Crippen molar-refractivity contribution in [1.29, 1.82) is 0 Å². The van der Waals surface area contributed by atoms with Gasteiger partial charge in [-0.25, -0.2) is 0 Å². The van der Waals surface area contributed by atoms with Crippen molar-refractivity contribution in [2.24, 2.45) is 5.73 Å². The Morgan fingerprint density at radius 1 is 1.11 bits per heavy atom. The number of hydrogen-bond donors (Lipinski definition) is 1. The summed E-state index contributed by atoms with van der Waals surface area (Å²) in [4.78, 5) is 0. The van der Waals surface area contributed by atoms with E-state index in [9.17, 15) is 0 Å². The quantitative estimate of drug-likeness (QED) is 0.790. The van der Waals surface area contributed by atoms with Crippen LogP contribution in [0.15, 0.2) is 40.9 Å². The standard InChI is InChI=1S/C15H14BrCl2N/c1-9-2-4-12(16)11(6-9)15(19)8-10-3-5-13(17)14(18)7-10/h2-7,15H,8,19H2,1H3. The maximum atomic E-state index is 6.28. The van der Waals surface area contributed by atoms with Gasteiger partial charge in [-0.2, -0.15) is 0 Å². The van der Waals surface area contributed by atoms with E-state index in [2.05, 4.69) is 35.0 Å². The molecule has 0 aliphatic carbocycles. The summed E-state index contributed by atoms with van der Waals surface area (Å²) >= 11 is 15.5. The van der Waals surface area contributed by atoms with Crippen LogP contribution in [0.25, 0.3) is 0 Å². The summed E-state index contributed by atoms with van der Waals surface area (Å²) in [5, 5.41) is 1.13. The van der Waals surface area contributed by atoms with Gasteiger partial charge < -0.3 is 5.73 Å². The number of halogens is 3. The van der Waals surface area contributed by atoms with Gasteiger partial charge in [0.2, 0.25) is 0 Å². The average molecular weight is 359 g/mol. The second-order valence-corrected chi connectivity index (χ2v) is 6.25. The molecule has 0 aliphatic rings. The highest BCUT2D eigenvalue weighted by atomic mass is 79.9. The lowest BCUT2D eigenvalue weighted by atomic mass is 9.98. The lowest BCUT2D eigenvalue weighted by Gasteiger charge is -2.15. The summed E-state index contributed by atoms with van der Waals surface area (Å²) in [6.45, 7) is 2.06. The largest absolute Gasteiger partial charge is 0.324 e. The van der Waals surface area contributed by atoms with Crippen LogP contribution in [0.3, 0.4) is 0 Å². The number of nitrogens with two attached hydrogens (primary N) is 1. The van der Waals surface area contributed by atoms with E-state index in [0.717, 1.165) is 22.0 Å². The number of aryl methyl sites for hydroxylation is 1. The molecular weight excluding hydrogens is 345 g/mol. The van der Waals surface area contributed by atoms with Gasteiger partial charge in [-0.15, -0.1) is 0 Å². The second-order valence-electron chi connectivity index (χ2n) is 4.58. The summed E-state index contributed by atoms with van der Waals surface area (Å²) in [6.07, 6.45) is 0.721. The molecule has 1 nitrogen and oxygen atoms in total. The van der Waals surface area contributed by atoms with Crippen LogP contribution in [0, 0.1) is 6.92 Å². The highest BCUT2D eigenvalue weighted by Gasteiger charge is 2.11. The zero-order chi connectivity index (χ0) is 14.0. The van der Waals surface area contributed by atoms with E-state index in [-0.39, 0.29) is 6.04 Å². The fraction of sp³-hybridized carbons (Fsp3) is 0.200. The number of hydrogen-bond acceptors (Lipinski definition) is 1. The Morgan fingerprint density at radius 3 is 2.53 bits per heavy atom. The molecule has 1 atom stereocenters. The molecule has 0 fully saturated rings. The monoisotopic (exact) mass is 357 g/mol. The summed E-state index contributed by atoms with van der Waals surface area (Å²) < 4.78 is 1.03. The van der Waals surface area contributed by atoms with E-state index < -0.39 is 0 Å². The third kappa shape index (κ3) is 3.73. The molecule has 0 radical (unpaired) electrons. The highest BCUT2D eigenvalue weighted by Crippen LogP contribution is 2.28. The van der Waals surface area contributed by atoms with Crippen molar-refractivity contribution in [3.63, 3.8) is 0 Å². The van der Waals surface area contributed by atoms with Crippen molar-refractivity contribution < 1.29 is 0 Å². The van der Waals surface area contributed by atoms with Crippen LogP contribution in [-0.4, -0.2) is 0 Å². The third-order valence-electron chi connectivity index (χ3n) is 2.99. The van der Waals surface area contributed by atoms with Gasteiger partial charge in [-0.1, -0.05) is 62.9 Å². The van der Waals surface area contributed by atoms with Crippen molar-refractivity contribution >= 4 is 39.1 Å². The molecule has 4 heteroatoms. The molecule has 19 heavy (non-hydrogen) atoms. The van der Waals surface area contributed by atoms with Crippen molar-refractivity contribution in [1.82, 2.24) is 0 Å². The molecule has 0 saturated carbocycles. The molecule has 2 aromatic rings. The summed E-state index contributed by atoms with van der Waals surface area (Å²) in [5.74, 6) is 0. The SMILES string of the molecule is Cc1ccc(Br)c(C(N)Cc2ccc(Cl)c(Cl)c2)c1. The van der Waals surface area contributed by atoms with Gasteiger partial charge in [0.05, 0.1) is 10.0 Å². The predicted molar refractivity (Wildman–Crippen MR) is 86.0 cm³/mol. The first-order valence-electron chi connectivity index (χ1n) is 5.93. The molecular formula is C15H14BrCl2N. The van der Waals surface area contributed by atoms with E-state index in [4.69, 9.17) is 28.9 Å². The van der Waals surface area contributed by atoms with Crippen molar-refractivity contribution in [2.75, 3.05) is 0 Å². The van der Waals surface area contributed by atoms with Crippen LogP contribution in [0.1, 0.15) is 22.7 Å². The third-order valence-corrected chi connectivity index (χ3v) is 4.45. The van der Waals surface area contributed by atoms with E-state index in [1.807, 2.05) is 18.2 Å². The fourth-order valence-electron chi connectivity index (χ4n) is 1.98. The van der Waals surface area contributed by atoms with Gasteiger partial charge in [-0.3, -0.25) is 0 Å². The van der Waals surface area contributed by atoms with Crippen LogP contribution in [0.2, 0.25) is 10.0 Å². The predicted octanol–water partition coefficient (Wildman–Crippen LogP) is 5.31. The summed E-state index contributed by atoms with van der Waals surface area (Å²) in [7, 11) is 0. The maximum Gasteiger partial charge on any atom is 0.0595 e. The molecule has 0 amide bonds. The molecule has 0 saturated heterocycles. The molecule has 2 rings (SSSR count). The molecule has 0 spiro atoms. The Bertz CT molecular complexity index is 599. The number of rotatable bonds is 3. The maximum absolute atomic E-state index is 6.28. The lowest BCUT2D eigenvalue weighted by Crippen LogP contribution is -2.14. The normalized spacial score (nSPS) is 12.5. The average Bonchev–Trinajstić information content (AvgIpc) is 2.36. The van der Waals surface area contributed by atoms with Gasteiger partial charge in [0, 0.05) is 10.5 Å². The molecule has 100 valence electrons. The zero-order valence-corrected chi connectivity index (χ0v) is 13.6. The molecule has 0 heterocycles. The van der Waals surface area contributed by atoms with Crippen molar-refractivity contribution in [3.05, 3.63) is 67.6 Å². The Labute approximate surface area is 131 Å². The van der Waals surface area contributed by atoms with Gasteiger partial charge >= 0.3 is 0 Å². The van der Waals surface area contributed by atoms with Crippen LogP contribution in [0.5, 0.6) is 0 Å². The minimum atomic E-state index is -0.0773. The Hall–Kier alpha value is -0.540. The van der Waals surface area contributed by atoms with E-state index >= 15 is 0 Å². The zero-order valence-electron chi connectivity index (χ0n) is 10.5. The van der Waals surface area contributed by atoms with Crippen molar-refractivity contribution in [2.45, 2.75) is 19.4 Å². The van der Waals surface area contributed by atoms with E-state index in [1.54, 1.807) is 6.07 Å². The van der Waals surface area contributed by atoms with E-state index in [1.165, 1.54) is 5.56 Å². The van der Waals surface area contributed by atoms with Crippen LogP contribution in [-0.2, 0) is 6.42 Å². The Balaban J connectivity index is 2.22. The highest BCUT2D eigenvalue weighted by molar-refractivity contribution is 9.10. The number of benzene rings is 2. The van der Waals surface area contributed by atoms with Crippen LogP contribution < -0.4 is 5.73 Å². The molecule has 1 unspecified atom stereocenters. The van der Waals surface area contributed by atoms with Gasteiger partial charge in [0.15, 0.2) is 0 Å². The Morgan fingerprint density at radius 2 is 1.84 bits per heavy atom. The molecule has 0 bridgehead atoms. The molecule has 2 aromatic carbocycles. The van der Waals surface area contributed by atoms with Gasteiger partial charge in [-0.05, 0) is 42.7 Å². The first-order chi connectivity index (χ1) is 8.97. The second kappa shape index (κ2) is 6.27. The van der Waals surface area contributed by atoms with Gasteiger partial charge in [0.1, 0.15) is 0 Å². The minimum Gasteiger partial charge on any atom is -0.324 e. The Kier molecular flexibility index (Phi) is 4.91. The molecule has 0 aromatic heterocycles. The summed E-state index contributed by atoms with van der Waals surface area (Å²) in [5.41, 5.74) is 9.66. The van der Waals surface area contributed by atoms with Crippen molar-refractivity contribution in [3.8, 4) is 0 Å². The molecule has 0 aliphatic heterocycles. The lowest BCUT2D eigenvalue weighted by molar-refractivity contribution is 0.717. The first-order valence-corrected chi connectivity index (χ1v) is 7.48. The van der Waals surface area contributed by atoms with Crippen LogP contribution >= 0.6 is 39.1 Å². The van der Waals surface area contributed by atoms with E-state index in [0.29, 0.717) is 10.0 Å². The smallest absolute Gasteiger partial charge is 0.0595 e. The van der Waals surface area contributed by atoms with Crippen LogP contribution in [0.4, 0.5) is 0 Å². The topological polar surface area (TPSA) is 26.0 Å². The minimum absolute atomic E-state index is 0.0773.